The fraction of sp³-hybridized carbons (Fsp3) is 0.500. The molecule has 1 amide bonds. The Bertz CT molecular complexity index is 938. The maximum atomic E-state index is 12.1. The van der Waals surface area contributed by atoms with E-state index >= 15 is 0 Å². The van der Waals surface area contributed by atoms with Crippen molar-refractivity contribution in [3.63, 3.8) is 0 Å². The maximum Gasteiger partial charge on any atom is 0.378 e. The summed E-state index contributed by atoms with van der Waals surface area (Å²) in [5, 5.41) is 4.00. The third-order valence-corrected chi connectivity index (χ3v) is 5.84. The molecule has 11 heteroatoms. The summed E-state index contributed by atoms with van der Waals surface area (Å²) in [5.41, 5.74) is 0.745. The van der Waals surface area contributed by atoms with Crippen molar-refractivity contribution in [2.24, 2.45) is 0 Å². The number of fused-ring (bicyclic) bond motifs is 1. The first kappa shape index (κ1) is 17.3. The minimum Gasteiger partial charge on any atom is -0.450 e. The number of aromatic nitrogens is 4. The van der Waals surface area contributed by atoms with Crippen LogP contribution >= 0.6 is 0 Å². The molecule has 0 spiro atoms. The Morgan fingerprint density at radius 2 is 2.20 bits per heavy atom. The second-order valence-corrected chi connectivity index (χ2v) is 8.10. The summed E-state index contributed by atoms with van der Waals surface area (Å²) in [6.45, 7) is 1.28. The van der Waals surface area contributed by atoms with Crippen molar-refractivity contribution in [3.8, 4) is 0 Å². The fourth-order valence-corrected chi connectivity index (χ4v) is 4.35. The zero-order valence-corrected chi connectivity index (χ0v) is 14.6. The third-order valence-electron chi connectivity index (χ3n) is 4.09. The highest BCUT2D eigenvalue weighted by atomic mass is 32.2. The molecule has 1 atom stereocenters. The third kappa shape index (κ3) is 3.60. The monoisotopic (exact) mass is 367 g/mol. The summed E-state index contributed by atoms with van der Waals surface area (Å²) in [4.78, 5) is 33.4. The van der Waals surface area contributed by atoms with Crippen LogP contribution in [0.15, 0.2) is 12.3 Å². The Morgan fingerprint density at radius 3 is 2.84 bits per heavy atom. The van der Waals surface area contributed by atoms with E-state index in [4.69, 9.17) is 4.74 Å². The van der Waals surface area contributed by atoms with Gasteiger partial charge in [0.1, 0.15) is 0 Å². The van der Waals surface area contributed by atoms with E-state index in [1.165, 1.54) is 16.5 Å². The molecule has 3 rings (SSSR count). The van der Waals surface area contributed by atoms with Crippen LogP contribution in [-0.2, 0) is 19.4 Å². The number of carbonyl (C=O) groups is 2. The van der Waals surface area contributed by atoms with Crippen molar-refractivity contribution in [2.45, 2.75) is 19.4 Å². The lowest BCUT2D eigenvalue weighted by Gasteiger charge is -2.22. The number of nitrogens with zero attached hydrogens (tertiary/aromatic N) is 5. The molecule has 2 aromatic heterocycles. The average molecular weight is 367 g/mol. The summed E-state index contributed by atoms with van der Waals surface area (Å²) < 4.78 is 29.3. The summed E-state index contributed by atoms with van der Waals surface area (Å²) in [5.74, 6) is -1.26. The molecule has 0 bridgehead atoms. The predicted octanol–water partition coefficient (Wildman–Crippen LogP) is -0.765. The van der Waals surface area contributed by atoms with Gasteiger partial charge < -0.3 is 9.64 Å². The van der Waals surface area contributed by atoms with Gasteiger partial charge in [-0.15, -0.1) is 5.10 Å². The normalized spacial score (nSPS) is 19.0. The molecule has 0 saturated carbocycles. The van der Waals surface area contributed by atoms with Gasteiger partial charge in [0.25, 0.3) is 17.5 Å². The Kier molecular flexibility index (Phi) is 4.41. The lowest BCUT2D eigenvalue weighted by Crippen LogP contribution is -2.40. The quantitative estimate of drug-likeness (QED) is 0.646. The van der Waals surface area contributed by atoms with Gasteiger partial charge in [0.2, 0.25) is 0 Å². The molecule has 25 heavy (non-hydrogen) atoms. The van der Waals surface area contributed by atoms with Gasteiger partial charge in [-0.3, -0.25) is 4.79 Å². The van der Waals surface area contributed by atoms with Crippen LogP contribution < -0.4 is 0 Å². The van der Waals surface area contributed by atoms with Crippen molar-refractivity contribution < 1.29 is 22.7 Å². The second-order valence-electron chi connectivity index (χ2n) is 5.87. The van der Waals surface area contributed by atoms with Crippen molar-refractivity contribution in [1.82, 2.24) is 24.5 Å². The number of esters is 1. The van der Waals surface area contributed by atoms with Crippen molar-refractivity contribution >= 4 is 27.5 Å². The van der Waals surface area contributed by atoms with Gasteiger partial charge in [0.15, 0.2) is 16.4 Å². The molecule has 0 radical (unpaired) electrons. The van der Waals surface area contributed by atoms with Crippen LogP contribution in [0, 0.1) is 6.92 Å². The Hall–Kier alpha value is -2.56. The maximum absolute atomic E-state index is 12.1. The number of hydrogen-bond donors (Lipinski definition) is 0. The summed E-state index contributed by atoms with van der Waals surface area (Å²) in [6, 6.07) is 1.32. The zero-order chi connectivity index (χ0) is 18.2. The largest absolute Gasteiger partial charge is 0.450 e. The lowest BCUT2D eigenvalue weighted by molar-refractivity contribution is -0.134. The molecule has 1 aliphatic rings. The minimum absolute atomic E-state index is 0.0621. The van der Waals surface area contributed by atoms with E-state index in [2.05, 4.69) is 15.1 Å². The molecule has 134 valence electrons. The first-order valence-corrected chi connectivity index (χ1v) is 9.40. The van der Waals surface area contributed by atoms with E-state index in [1.807, 2.05) is 0 Å². The van der Waals surface area contributed by atoms with Crippen LogP contribution in [0.4, 0.5) is 0 Å². The average Bonchev–Trinajstić information content (AvgIpc) is 3.15. The number of aryl methyl sites for hydroxylation is 1. The van der Waals surface area contributed by atoms with Crippen LogP contribution in [-0.4, -0.2) is 76.0 Å². The molecular weight excluding hydrogens is 350 g/mol. The highest BCUT2D eigenvalue weighted by Crippen LogP contribution is 2.16. The molecule has 1 fully saturated rings. The predicted molar refractivity (Wildman–Crippen MR) is 85.6 cm³/mol. The number of hydrogen-bond acceptors (Lipinski definition) is 8. The second kappa shape index (κ2) is 6.39. The Labute approximate surface area is 143 Å². The van der Waals surface area contributed by atoms with Gasteiger partial charge in [0, 0.05) is 25.0 Å². The van der Waals surface area contributed by atoms with E-state index in [0.29, 0.717) is 6.42 Å². The van der Waals surface area contributed by atoms with Crippen LogP contribution in [0.2, 0.25) is 0 Å². The fourth-order valence-electron chi connectivity index (χ4n) is 2.57. The molecular formula is C14H17N5O5S. The van der Waals surface area contributed by atoms with Crippen molar-refractivity contribution in [2.75, 3.05) is 25.2 Å². The van der Waals surface area contributed by atoms with Crippen LogP contribution in [0.5, 0.6) is 0 Å². The number of carbonyl (C=O) groups excluding carboxylic acids is 2. The lowest BCUT2D eigenvalue weighted by atomic mass is 10.2. The van der Waals surface area contributed by atoms with Crippen molar-refractivity contribution in [3.05, 3.63) is 23.8 Å². The van der Waals surface area contributed by atoms with E-state index in [-0.39, 0.29) is 23.1 Å². The van der Waals surface area contributed by atoms with Gasteiger partial charge in [-0.2, -0.15) is 4.98 Å². The number of ether oxygens (including phenoxy) is 1. The molecule has 0 N–H and O–H groups in total. The zero-order valence-electron chi connectivity index (χ0n) is 13.7. The van der Waals surface area contributed by atoms with E-state index in [0.717, 1.165) is 5.69 Å². The topological polar surface area (TPSA) is 124 Å². The Balaban J connectivity index is 1.61. The van der Waals surface area contributed by atoms with Crippen LogP contribution in [0.1, 0.15) is 22.7 Å². The molecule has 1 unspecified atom stereocenters. The van der Waals surface area contributed by atoms with E-state index < -0.39 is 34.4 Å². The highest BCUT2D eigenvalue weighted by Gasteiger charge is 2.33. The summed E-state index contributed by atoms with van der Waals surface area (Å²) in [6.07, 6.45) is 1.93. The smallest absolute Gasteiger partial charge is 0.378 e. The number of likely N-dealkylation sites (N-methyl/N-ethyl adjacent to an activating group) is 1. The van der Waals surface area contributed by atoms with Crippen LogP contribution in [0.25, 0.3) is 5.78 Å². The molecule has 0 aromatic carbocycles. The molecule has 2 aromatic rings. The van der Waals surface area contributed by atoms with Crippen molar-refractivity contribution in [1.29, 1.82) is 0 Å². The van der Waals surface area contributed by atoms with Gasteiger partial charge in [0.05, 0.1) is 11.5 Å². The standard InChI is InChI=1S/C14H17N5O5S/c1-9-3-5-15-14-16-12(17-19(9)14)13(21)24-7-11(20)18(2)10-4-6-25(22,23)8-10/h3,5,10H,4,6-8H2,1-2H3. The summed E-state index contributed by atoms with van der Waals surface area (Å²) in [7, 11) is -1.60. The van der Waals surface area contributed by atoms with E-state index in [9.17, 15) is 18.0 Å². The molecule has 0 aliphatic carbocycles. The summed E-state index contributed by atoms with van der Waals surface area (Å²) >= 11 is 0. The minimum atomic E-state index is -3.10. The van der Waals surface area contributed by atoms with Gasteiger partial charge in [-0.1, -0.05) is 0 Å². The van der Waals surface area contributed by atoms with Crippen LogP contribution in [0.3, 0.4) is 0 Å². The number of rotatable bonds is 4. The van der Waals surface area contributed by atoms with Gasteiger partial charge in [-0.25, -0.2) is 22.7 Å². The van der Waals surface area contributed by atoms with Gasteiger partial charge >= 0.3 is 5.97 Å². The Morgan fingerprint density at radius 1 is 1.44 bits per heavy atom. The molecule has 10 nitrogen and oxygen atoms in total. The number of sulfone groups is 1. The van der Waals surface area contributed by atoms with E-state index in [1.54, 1.807) is 19.2 Å². The van der Waals surface area contributed by atoms with Gasteiger partial charge in [-0.05, 0) is 19.4 Å². The molecule has 3 heterocycles. The first-order chi connectivity index (χ1) is 11.8. The SMILES string of the molecule is Cc1ccnc2nc(C(=O)OCC(=O)N(C)C3CCS(=O)(=O)C3)nn12. The number of amides is 1. The molecule has 1 aliphatic heterocycles. The molecule has 1 saturated heterocycles. The highest BCUT2D eigenvalue weighted by molar-refractivity contribution is 7.91. The first-order valence-electron chi connectivity index (χ1n) is 7.58.